The number of benzene rings is 2. The number of carbonyl (C=O) groups is 1. The molecule has 8 heteroatoms. The zero-order chi connectivity index (χ0) is 22.1. The standard InChI is InChI=1S/C23H31N3O5/c1-28-18-4-6-19(7-5-18)31-15-14-25-10-12-26(13-11-25)17-23(27)24-21-9-8-20(29-2)16-22(21)30-3/h4-9,16H,10-15,17H2,1-3H3,(H,24,27)/p+2. The van der Waals surface area contributed by atoms with E-state index < -0.39 is 0 Å². The first-order chi connectivity index (χ1) is 15.1. The van der Waals surface area contributed by atoms with Gasteiger partial charge >= 0.3 is 0 Å². The molecule has 0 unspecified atom stereocenters. The molecule has 8 nitrogen and oxygen atoms in total. The van der Waals surface area contributed by atoms with Crippen LogP contribution < -0.4 is 34.1 Å². The van der Waals surface area contributed by atoms with Crippen molar-refractivity contribution in [1.82, 2.24) is 0 Å². The second-order valence-corrected chi connectivity index (χ2v) is 7.57. The van der Waals surface area contributed by atoms with Gasteiger partial charge in [0.2, 0.25) is 0 Å². The number of nitrogens with one attached hydrogen (secondary N) is 3. The SMILES string of the molecule is COc1ccc(OCC[NH+]2CC[NH+](CC(=O)Nc3ccc(OC)cc3OC)CC2)cc1. The zero-order valence-electron chi connectivity index (χ0n) is 18.5. The van der Waals surface area contributed by atoms with E-state index in [0.717, 1.165) is 44.2 Å². The van der Waals surface area contributed by atoms with E-state index in [9.17, 15) is 4.79 Å². The number of quaternary nitrogens is 2. The Morgan fingerprint density at radius 1 is 0.839 bits per heavy atom. The Morgan fingerprint density at radius 2 is 1.45 bits per heavy atom. The molecule has 0 radical (unpaired) electrons. The summed E-state index contributed by atoms with van der Waals surface area (Å²) < 4.78 is 21.5. The van der Waals surface area contributed by atoms with Crippen LogP contribution in [0.25, 0.3) is 0 Å². The average molecular weight is 432 g/mol. The number of methoxy groups -OCH3 is 3. The summed E-state index contributed by atoms with van der Waals surface area (Å²) in [5.41, 5.74) is 0.660. The number of rotatable bonds is 10. The van der Waals surface area contributed by atoms with Crippen LogP contribution in [-0.4, -0.2) is 73.1 Å². The summed E-state index contributed by atoms with van der Waals surface area (Å²) in [6.45, 7) is 6.06. The Morgan fingerprint density at radius 3 is 2.10 bits per heavy atom. The normalized spacial score (nSPS) is 18.2. The van der Waals surface area contributed by atoms with Crippen molar-refractivity contribution in [3.63, 3.8) is 0 Å². The van der Waals surface area contributed by atoms with Crippen LogP contribution in [0.4, 0.5) is 5.69 Å². The van der Waals surface area contributed by atoms with E-state index in [1.807, 2.05) is 24.3 Å². The molecule has 1 aliphatic rings. The molecule has 0 aromatic heterocycles. The molecule has 1 saturated heterocycles. The Bertz CT molecular complexity index is 836. The van der Waals surface area contributed by atoms with Crippen molar-refractivity contribution in [3.8, 4) is 23.0 Å². The molecule has 1 amide bonds. The molecule has 0 spiro atoms. The molecular formula is C23H33N3O5+2. The molecule has 0 atom stereocenters. The Labute approximate surface area is 183 Å². The largest absolute Gasteiger partial charge is 0.497 e. The summed E-state index contributed by atoms with van der Waals surface area (Å²) in [5.74, 6) is 2.95. The highest BCUT2D eigenvalue weighted by atomic mass is 16.5. The summed E-state index contributed by atoms with van der Waals surface area (Å²) in [7, 11) is 4.83. The number of anilines is 1. The van der Waals surface area contributed by atoms with Crippen molar-refractivity contribution in [2.24, 2.45) is 0 Å². The minimum absolute atomic E-state index is 0.00949. The molecule has 1 heterocycles. The smallest absolute Gasteiger partial charge is 0.279 e. The molecule has 0 aliphatic carbocycles. The molecule has 1 aliphatic heterocycles. The molecule has 31 heavy (non-hydrogen) atoms. The molecular weight excluding hydrogens is 398 g/mol. The van der Waals surface area contributed by atoms with Crippen LogP contribution in [0.1, 0.15) is 0 Å². The van der Waals surface area contributed by atoms with Gasteiger partial charge in [-0.2, -0.15) is 0 Å². The number of amides is 1. The summed E-state index contributed by atoms with van der Waals surface area (Å²) in [5, 5.41) is 2.96. The number of carbonyl (C=O) groups excluding carboxylic acids is 1. The van der Waals surface area contributed by atoms with E-state index in [2.05, 4.69) is 5.32 Å². The van der Waals surface area contributed by atoms with Crippen LogP contribution in [0, 0.1) is 0 Å². The molecule has 1 fully saturated rings. The van der Waals surface area contributed by atoms with Crippen LogP contribution in [0.15, 0.2) is 42.5 Å². The van der Waals surface area contributed by atoms with Gasteiger partial charge in [0.05, 0.1) is 27.0 Å². The van der Waals surface area contributed by atoms with Gasteiger partial charge < -0.3 is 34.1 Å². The van der Waals surface area contributed by atoms with E-state index in [1.165, 1.54) is 9.80 Å². The van der Waals surface area contributed by atoms with Crippen molar-refractivity contribution < 1.29 is 33.5 Å². The van der Waals surface area contributed by atoms with Gasteiger partial charge in [-0.25, -0.2) is 0 Å². The molecule has 0 saturated carbocycles. The Kier molecular flexibility index (Phi) is 8.37. The van der Waals surface area contributed by atoms with E-state index in [1.54, 1.807) is 39.5 Å². The summed E-state index contributed by atoms with van der Waals surface area (Å²) >= 11 is 0. The van der Waals surface area contributed by atoms with Crippen molar-refractivity contribution in [2.45, 2.75) is 0 Å². The number of hydrogen-bond donors (Lipinski definition) is 3. The topological polar surface area (TPSA) is 74.9 Å². The van der Waals surface area contributed by atoms with Gasteiger partial charge in [0.25, 0.3) is 5.91 Å². The molecule has 3 N–H and O–H groups in total. The van der Waals surface area contributed by atoms with Gasteiger partial charge in [0.1, 0.15) is 62.3 Å². The first kappa shape index (κ1) is 22.7. The second-order valence-electron chi connectivity index (χ2n) is 7.57. The predicted octanol–water partition coefficient (Wildman–Crippen LogP) is -0.487. The van der Waals surface area contributed by atoms with E-state index in [4.69, 9.17) is 18.9 Å². The molecule has 2 aromatic carbocycles. The summed E-state index contributed by atoms with van der Waals surface area (Å²) in [6, 6.07) is 13.0. The number of hydrogen-bond acceptors (Lipinski definition) is 5. The fraction of sp³-hybridized carbons (Fsp3) is 0.435. The maximum Gasteiger partial charge on any atom is 0.279 e. The van der Waals surface area contributed by atoms with Gasteiger partial charge in [-0.1, -0.05) is 0 Å². The monoisotopic (exact) mass is 431 g/mol. The molecule has 2 aromatic rings. The summed E-state index contributed by atoms with van der Waals surface area (Å²) in [4.78, 5) is 15.3. The highest BCUT2D eigenvalue weighted by Gasteiger charge is 2.25. The van der Waals surface area contributed by atoms with Crippen LogP contribution >= 0.6 is 0 Å². The Hall–Kier alpha value is -2.97. The van der Waals surface area contributed by atoms with Crippen LogP contribution in [0.3, 0.4) is 0 Å². The zero-order valence-corrected chi connectivity index (χ0v) is 18.5. The van der Waals surface area contributed by atoms with E-state index >= 15 is 0 Å². The van der Waals surface area contributed by atoms with E-state index in [-0.39, 0.29) is 5.91 Å². The number of ether oxygens (including phenoxy) is 4. The molecule has 0 bridgehead atoms. The highest BCUT2D eigenvalue weighted by molar-refractivity contribution is 5.93. The van der Waals surface area contributed by atoms with Crippen molar-refractivity contribution in [2.75, 3.05) is 72.5 Å². The van der Waals surface area contributed by atoms with E-state index in [0.29, 0.717) is 30.3 Å². The van der Waals surface area contributed by atoms with Gasteiger partial charge in [-0.15, -0.1) is 0 Å². The lowest BCUT2D eigenvalue weighted by atomic mass is 10.2. The third-order valence-corrected chi connectivity index (χ3v) is 5.54. The average Bonchev–Trinajstić information content (AvgIpc) is 2.81. The first-order valence-corrected chi connectivity index (χ1v) is 10.6. The minimum atomic E-state index is -0.00949. The lowest BCUT2D eigenvalue weighted by Crippen LogP contribution is -3.28. The Balaban J connectivity index is 1.37. The third-order valence-electron chi connectivity index (χ3n) is 5.54. The third kappa shape index (κ3) is 6.77. The lowest BCUT2D eigenvalue weighted by Gasteiger charge is -2.29. The van der Waals surface area contributed by atoms with Gasteiger partial charge in [-0.3, -0.25) is 4.79 Å². The first-order valence-electron chi connectivity index (χ1n) is 10.6. The van der Waals surface area contributed by atoms with Crippen LogP contribution in [0.2, 0.25) is 0 Å². The fourth-order valence-corrected chi connectivity index (χ4v) is 3.69. The quantitative estimate of drug-likeness (QED) is 0.474. The van der Waals surface area contributed by atoms with Gasteiger partial charge in [-0.05, 0) is 36.4 Å². The van der Waals surface area contributed by atoms with Crippen molar-refractivity contribution in [3.05, 3.63) is 42.5 Å². The van der Waals surface area contributed by atoms with Crippen molar-refractivity contribution in [1.29, 1.82) is 0 Å². The maximum absolute atomic E-state index is 12.5. The second kappa shape index (κ2) is 11.4. The fourth-order valence-electron chi connectivity index (χ4n) is 3.69. The highest BCUT2D eigenvalue weighted by Crippen LogP contribution is 2.28. The molecule has 3 rings (SSSR count). The summed E-state index contributed by atoms with van der Waals surface area (Å²) in [6.07, 6.45) is 0. The minimum Gasteiger partial charge on any atom is -0.497 e. The molecule has 168 valence electrons. The van der Waals surface area contributed by atoms with Gasteiger partial charge in [0.15, 0.2) is 6.54 Å². The predicted molar refractivity (Wildman–Crippen MR) is 118 cm³/mol. The van der Waals surface area contributed by atoms with Crippen LogP contribution in [-0.2, 0) is 4.79 Å². The van der Waals surface area contributed by atoms with Crippen LogP contribution in [0.5, 0.6) is 23.0 Å². The lowest BCUT2D eigenvalue weighted by molar-refractivity contribution is -1.01. The van der Waals surface area contributed by atoms with Gasteiger partial charge in [0, 0.05) is 6.07 Å². The number of piperazine rings is 1. The maximum atomic E-state index is 12.5. The van der Waals surface area contributed by atoms with Crippen molar-refractivity contribution >= 4 is 11.6 Å².